The number of nitrogens with zero attached hydrogens (tertiary/aromatic N) is 4. The zero-order valence-electron chi connectivity index (χ0n) is 18.2. The summed E-state index contributed by atoms with van der Waals surface area (Å²) in [6.07, 6.45) is 6.18. The minimum Gasteiger partial charge on any atom is -0.325 e. The minimum atomic E-state index is -0.350. The topological polar surface area (TPSA) is 77.3 Å². The summed E-state index contributed by atoms with van der Waals surface area (Å²) in [5.74, 6) is 0.495. The largest absolute Gasteiger partial charge is 0.325 e. The van der Waals surface area contributed by atoms with E-state index in [2.05, 4.69) is 24.9 Å². The van der Waals surface area contributed by atoms with Crippen molar-refractivity contribution in [1.82, 2.24) is 14.8 Å². The van der Waals surface area contributed by atoms with E-state index in [4.69, 9.17) is 0 Å². The number of ketones is 1. The van der Waals surface area contributed by atoms with Gasteiger partial charge in [0.05, 0.1) is 18.0 Å². The number of rotatable bonds is 8. The summed E-state index contributed by atoms with van der Waals surface area (Å²) in [5.41, 5.74) is 0.945. The molecule has 29 heavy (non-hydrogen) atoms. The van der Waals surface area contributed by atoms with Crippen molar-refractivity contribution in [2.45, 2.75) is 65.3 Å². The van der Waals surface area contributed by atoms with Gasteiger partial charge in [-0.1, -0.05) is 26.8 Å². The highest BCUT2D eigenvalue weighted by Crippen LogP contribution is 2.32. The van der Waals surface area contributed by atoms with E-state index >= 15 is 0 Å². The molecule has 0 bridgehead atoms. The number of likely N-dealkylation sites (tertiary alicyclic amines) is 1. The SMILES string of the molecule is CCC(=O)[C@H](CC(C)C)N(CC)C(=O)N1CCC(C(C#N)c2cccnc2)CC1. The molecule has 1 aliphatic rings. The Kier molecular flexibility index (Phi) is 8.63. The van der Waals surface area contributed by atoms with Crippen molar-refractivity contribution in [2.75, 3.05) is 19.6 Å². The van der Waals surface area contributed by atoms with E-state index < -0.39 is 0 Å². The van der Waals surface area contributed by atoms with Gasteiger partial charge in [0.15, 0.2) is 5.78 Å². The molecule has 6 nitrogen and oxygen atoms in total. The van der Waals surface area contributed by atoms with Crippen LogP contribution >= 0.6 is 0 Å². The fourth-order valence-corrected chi connectivity index (χ4v) is 4.22. The molecule has 1 aromatic heterocycles. The lowest BCUT2D eigenvalue weighted by molar-refractivity contribution is -0.123. The Hall–Kier alpha value is -2.42. The molecule has 6 heteroatoms. The summed E-state index contributed by atoms with van der Waals surface area (Å²) < 4.78 is 0. The van der Waals surface area contributed by atoms with E-state index in [-0.39, 0.29) is 29.7 Å². The predicted octanol–water partition coefficient (Wildman–Crippen LogP) is 4.24. The third-order valence-electron chi connectivity index (χ3n) is 5.84. The summed E-state index contributed by atoms with van der Waals surface area (Å²) in [6.45, 7) is 9.73. The molecule has 1 aromatic rings. The first-order valence-corrected chi connectivity index (χ1v) is 10.8. The van der Waals surface area contributed by atoms with Crippen molar-refractivity contribution in [3.8, 4) is 6.07 Å². The van der Waals surface area contributed by atoms with Crippen LogP contribution in [0, 0.1) is 23.2 Å². The molecule has 1 fully saturated rings. The first-order chi connectivity index (χ1) is 13.9. The van der Waals surface area contributed by atoms with Crippen LogP contribution in [-0.4, -0.2) is 52.3 Å². The molecule has 0 radical (unpaired) electrons. The summed E-state index contributed by atoms with van der Waals surface area (Å²) in [4.78, 5) is 33.5. The van der Waals surface area contributed by atoms with E-state index in [9.17, 15) is 14.9 Å². The van der Waals surface area contributed by atoms with Crippen molar-refractivity contribution in [2.24, 2.45) is 11.8 Å². The lowest BCUT2D eigenvalue weighted by Crippen LogP contribution is -2.53. The molecule has 2 rings (SSSR count). The molecule has 1 aliphatic heterocycles. The number of carbonyl (C=O) groups is 2. The summed E-state index contributed by atoms with van der Waals surface area (Å²) in [7, 11) is 0. The highest BCUT2D eigenvalue weighted by Gasteiger charge is 2.34. The molecule has 0 spiro atoms. The maximum absolute atomic E-state index is 13.2. The molecule has 0 saturated carbocycles. The first-order valence-electron chi connectivity index (χ1n) is 10.8. The van der Waals surface area contributed by atoms with Gasteiger partial charge < -0.3 is 9.80 Å². The number of Topliss-reactive ketones (excluding diaryl/α,β-unsaturated/α-hetero) is 1. The van der Waals surface area contributed by atoms with Gasteiger partial charge in [-0.25, -0.2) is 4.79 Å². The van der Waals surface area contributed by atoms with Crippen molar-refractivity contribution >= 4 is 11.8 Å². The van der Waals surface area contributed by atoms with Crippen molar-refractivity contribution in [3.63, 3.8) is 0 Å². The van der Waals surface area contributed by atoms with Gasteiger partial charge in [0.1, 0.15) is 0 Å². The smallest absolute Gasteiger partial charge is 0.320 e. The second-order valence-electron chi connectivity index (χ2n) is 8.25. The summed E-state index contributed by atoms with van der Waals surface area (Å²) in [5, 5.41) is 9.67. The highest BCUT2D eigenvalue weighted by atomic mass is 16.2. The Balaban J connectivity index is 2.05. The van der Waals surface area contributed by atoms with Gasteiger partial charge in [0.2, 0.25) is 0 Å². The van der Waals surface area contributed by atoms with E-state index in [0.717, 1.165) is 18.4 Å². The van der Waals surface area contributed by atoms with E-state index in [0.29, 0.717) is 38.4 Å². The second-order valence-corrected chi connectivity index (χ2v) is 8.25. The number of amides is 2. The van der Waals surface area contributed by atoms with Gasteiger partial charge in [0.25, 0.3) is 0 Å². The number of likely N-dealkylation sites (N-methyl/N-ethyl adjacent to an activating group) is 1. The lowest BCUT2D eigenvalue weighted by Gasteiger charge is -2.39. The van der Waals surface area contributed by atoms with Crippen LogP contribution in [0.3, 0.4) is 0 Å². The molecule has 158 valence electrons. The Bertz CT molecular complexity index is 705. The maximum Gasteiger partial charge on any atom is 0.320 e. The molecule has 2 heterocycles. The minimum absolute atomic E-state index is 0.0479. The van der Waals surface area contributed by atoms with Gasteiger partial charge in [-0.2, -0.15) is 5.26 Å². The van der Waals surface area contributed by atoms with Crippen LogP contribution in [0.2, 0.25) is 0 Å². The fraction of sp³-hybridized carbons (Fsp3) is 0.652. The first kappa shape index (κ1) is 22.9. The number of pyridine rings is 1. The van der Waals surface area contributed by atoms with Crippen molar-refractivity contribution in [3.05, 3.63) is 30.1 Å². The molecule has 1 unspecified atom stereocenters. The van der Waals surface area contributed by atoms with Crippen LogP contribution in [0.1, 0.15) is 64.9 Å². The number of urea groups is 1. The maximum atomic E-state index is 13.2. The Morgan fingerprint density at radius 2 is 2.00 bits per heavy atom. The fourth-order valence-electron chi connectivity index (χ4n) is 4.22. The molecule has 2 atom stereocenters. The number of hydrogen-bond acceptors (Lipinski definition) is 4. The number of hydrogen-bond donors (Lipinski definition) is 0. The monoisotopic (exact) mass is 398 g/mol. The molecule has 0 N–H and O–H groups in total. The molecular weight excluding hydrogens is 364 g/mol. The van der Waals surface area contributed by atoms with Gasteiger partial charge in [-0.05, 0) is 49.7 Å². The highest BCUT2D eigenvalue weighted by molar-refractivity contribution is 5.88. The Morgan fingerprint density at radius 3 is 2.48 bits per heavy atom. The van der Waals surface area contributed by atoms with Crippen LogP contribution in [0.4, 0.5) is 4.79 Å². The van der Waals surface area contributed by atoms with Crippen LogP contribution in [0.15, 0.2) is 24.5 Å². The lowest BCUT2D eigenvalue weighted by atomic mass is 9.81. The summed E-state index contributed by atoms with van der Waals surface area (Å²) in [6, 6.07) is 5.84. The van der Waals surface area contributed by atoms with Gasteiger partial charge in [0, 0.05) is 38.4 Å². The number of aromatic nitrogens is 1. The average molecular weight is 399 g/mol. The summed E-state index contributed by atoms with van der Waals surface area (Å²) >= 11 is 0. The molecular formula is C23H34N4O2. The average Bonchev–Trinajstić information content (AvgIpc) is 2.74. The van der Waals surface area contributed by atoms with Gasteiger partial charge in [-0.3, -0.25) is 9.78 Å². The third-order valence-corrected chi connectivity index (χ3v) is 5.84. The van der Waals surface area contributed by atoms with Crippen LogP contribution in [0.5, 0.6) is 0 Å². The second kappa shape index (κ2) is 10.9. The quantitative estimate of drug-likeness (QED) is 0.656. The van der Waals surface area contributed by atoms with Crippen LogP contribution in [0.25, 0.3) is 0 Å². The Labute approximate surface area is 174 Å². The van der Waals surface area contributed by atoms with E-state index in [1.807, 2.05) is 30.9 Å². The number of carbonyl (C=O) groups excluding carboxylic acids is 2. The van der Waals surface area contributed by atoms with Crippen molar-refractivity contribution in [1.29, 1.82) is 5.26 Å². The third kappa shape index (κ3) is 5.79. The van der Waals surface area contributed by atoms with Gasteiger partial charge in [-0.15, -0.1) is 0 Å². The predicted molar refractivity (Wildman–Crippen MR) is 113 cm³/mol. The zero-order chi connectivity index (χ0) is 21.4. The number of piperidine rings is 1. The molecule has 2 amide bonds. The zero-order valence-corrected chi connectivity index (χ0v) is 18.2. The van der Waals surface area contributed by atoms with Crippen molar-refractivity contribution < 1.29 is 9.59 Å². The molecule has 1 saturated heterocycles. The molecule has 0 aliphatic carbocycles. The van der Waals surface area contributed by atoms with Gasteiger partial charge >= 0.3 is 6.03 Å². The van der Waals surface area contributed by atoms with Crippen LogP contribution in [-0.2, 0) is 4.79 Å². The van der Waals surface area contributed by atoms with E-state index in [1.165, 1.54) is 0 Å². The van der Waals surface area contributed by atoms with Crippen LogP contribution < -0.4 is 0 Å². The molecule has 0 aromatic carbocycles. The Morgan fingerprint density at radius 1 is 1.31 bits per heavy atom. The normalized spacial score (nSPS) is 16.9. The standard InChI is InChI=1S/C23H34N4O2/c1-5-22(28)21(14-17(3)4)27(6-2)23(29)26-12-9-18(10-13-26)20(15-24)19-8-7-11-25-16-19/h7-8,11,16-18,20-21H,5-6,9-10,12-14H2,1-4H3/t20?,21-/m0/s1. The van der Waals surface area contributed by atoms with E-state index in [1.54, 1.807) is 17.3 Å². The number of nitriles is 1.